The van der Waals surface area contributed by atoms with Crippen LogP contribution in [0.3, 0.4) is 0 Å². The van der Waals surface area contributed by atoms with Gasteiger partial charge in [0, 0.05) is 40.2 Å². The zero-order valence-corrected chi connectivity index (χ0v) is 20.8. The molecule has 2 aromatic carbocycles. The molecule has 36 heavy (non-hydrogen) atoms. The number of nitrogens with one attached hydrogen (secondary N) is 1. The largest absolute Gasteiger partial charge is 0.478 e. The molecule has 0 saturated heterocycles. The molecule has 1 heterocycles. The van der Waals surface area contributed by atoms with Gasteiger partial charge in [0.1, 0.15) is 24.6 Å². The Balaban J connectivity index is 1.79. The zero-order chi connectivity index (χ0) is 25.1. The van der Waals surface area contributed by atoms with Crippen molar-refractivity contribution in [1.82, 2.24) is 4.58 Å². The van der Waals surface area contributed by atoms with Gasteiger partial charge in [0.15, 0.2) is 0 Å². The molecule has 0 bridgehead atoms. The maximum absolute atomic E-state index is 12.2. The highest BCUT2D eigenvalue weighted by Crippen LogP contribution is 2.45. The molecule has 2 aliphatic carbocycles. The lowest BCUT2D eigenvalue weighted by molar-refractivity contribution is 0.0697. The lowest BCUT2D eigenvalue weighted by Gasteiger charge is -2.25. The van der Waals surface area contributed by atoms with Crippen LogP contribution in [-0.4, -0.2) is 24.2 Å². The highest BCUT2D eigenvalue weighted by atomic mass is 16.4. The van der Waals surface area contributed by atoms with Gasteiger partial charge in [-0.25, -0.2) is 9.37 Å². The van der Waals surface area contributed by atoms with Crippen LogP contribution >= 0.6 is 0 Å². The van der Waals surface area contributed by atoms with Crippen molar-refractivity contribution in [3.63, 3.8) is 0 Å². The van der Waals surface area contributed by atoms with E-state index in [0.717, 1.165) is 82.7 Å². The quantitative estimate of drug-likeness (QED) is 0.316. The summed E-state index contributed by atoms with van der Waals surface area (Å²) in [5, 5.41) is 14.5. The summed E-state index contributed by atoms with van der Waals surface area (Å²) in [4.78, 5) is 12.2. The predicted molar refractivity (Wildman–Crippen MR) is 145 cm³/mol. The first-order valence-electron chi connectivity index (χ1n) is 12.6. The van der Waals surface area contributed by atoms with E-state index in [-0.39, 0.29) is 0 Å². The van der Waals surface area contributed by atoms with Crippen LogP contribution in [0.2, 0.25) is 0 Å². The summed E-state index contributed by atoms with van der Waals surface area (Å²) in [7, 11) is 0. The van der Waals surface area contributed by atoms with Gasteiger partial charge < -0.3 is 14.8 Å². The monoisotopic (exact) mass is 479 g/mol. The Hall–Kier alpha value is -4.12. The second-order valence-corrected chi connectivity index (χ2v) is 9.02. The SMILES string of the molecule is CC[N+](CC)=c1ccc2c(-c3ccccc3C(=O)O)c3c(oc-2c1)/C(=C/Nc1ccccc1)CCC3. The second kappa shape index (κ2) is 10.2. The van der Waals surface area contributed by atoms with Gasteiger partial charge >= 0.3 is 5.97 Å². The molecular formula is C31H31N2O3+. The molecule has 0 saturated carbocycles. The fraction of sp³-hybridized carbons (Fsp3) is 0.226. The Morgan fingerprint density at radius 3 is 2.47 bits per heavy atom. The van der Waals surface area contributed by atoms with E-state index in [1.54, 1.807) is 12.1 Å². The van der Waals surface area contributed by atoms with E-state index in [1.807, 2.05) is 48.7 Å². The molecule has 0 aromatic heterocycles. The fourth-order valence-electron chi connectivity index (χ4n) is 5.14. The van der Waals surface area contributed by atoms with Crippen molar-refractivity contribution in [3.05, 3.63) is 101 Å². The summed E-state index contributed by atoms with van der Waals surface area (Å²) in [6.45, 7) is 6.08. The average Bonchev–Trinajstić information content (AvgIpc) is 2.91. The lowest BCUT2D eigenvalue weighted by Crippen LogP contribution is -2.29. The van der Waals surface area contributed by atoms with Crippen LogP contribution in [0, 0.1) is 0 Å². The third-order valence-electron chi connectivity index (χ3n) is 6.93. The molecule has 0 amide bonds. The van der Waals surface area contributed by atoms with E-state index in [0.29, 0.717) is 5.56 Å². The second-order valence-electron chi connectivity index (χ2n) is 9.02. The molecule has 5 heteroatoms. The summed E-state index contributed by atoms with van der Waals surface area (Å²) in [6, 6.07) is 23.6. The minimum absolute atomic E-state index is 0.304. The Morgan fingerprint density at radius 2 is 1.72 bits per heavy atom. The number of rotatable bonds is 6. The number of nitrogens with zero attached hydrogens (tertiary/aromatic N) is 1. The van der Waals surface area contributed by atoms with Crippen molar-refractivity contribution in [1.29, 1.82) is 0 Å². The molecule has 0 unspecified atom stereocenters. The van der Waals surface area contributed by atoms with E-state index in [9.17, 15) is 9.90 Å². The summed E-state index contributed by atoms with van der Waals surface area (Å²) in [6.07, 6.45) is 4.72. The van der Waals surface area contributed by atoms with Crippen LogP contribution in [0.15, 0.2) is 83.4 Å². The van der Waals surface area contributed by atoms with Crippen LogP contribution < -0.4 is 15.2 Å². The maximum atomic E-state index is 12.2. The lowest BCUT2D eigenvalue weighted by atomic mass is 9.83. The average molecular weight is 480 g/mol. The van der Waals surface area contributed by atoms with Gasteiger partial charge in [-0.1, -0.05) is 36.4 Å². The highest BCUT2D eigenvalue weighted by Gasteiger charge is 2.28. The Kier molecular flexibility index (Phi) is 6.72. The van der Waals surface area contributed by atoms with Crippen molar-refractivity contribution in [2.45, 2.75) is 33.1 Å². The number of benzene rings is 3. The number of carboxylic acid groups (broad SMARTS) is 1. The van der Waals surface area contributed by atoms with Crippen molar-refractivity contribution in [2.75, 3.05) is 18.4 Å². The van der Waals surface area contributed by atoms with Crippen LogP contribution in [0.1, 0.15) is 48.4 Å². The molecule has 182 valence electrons. The number of carboxylic acids is 1. The molecule has 5 rings (SSSR count). The molecule has 2 N–H and O–H groups in total. The summed E-state index contributed by atoms with van der Waals surface area (Å²) in [5.74, 6) is 0.676. The molecule has 0 fully saturated rings. The van der Waals surface area contributed by atoms with Crippen LogP contribution in [0.5, 0.6) is 0 Å². The smallest absolute Gasteiger partial charge is 0.336 e. The molecule has 0 spiro atoms. The van der Waals surface area contributed by atoms with E-state index >= 15 is 0 Å². The van der Waals surface area contributed by atoms with Crippen molar-refractivity contribution in [3.8, 4) is 22.5 Å². The first kappa shape index (κ1) is 23.6. The van der Waals surface area contributed by atoms with Gasteiger partial charge in [-0.05, 0) is 62.9 Å². The topological polar surface area (TPSA) is 65.5 Å². The van der Waals surface area contributed by atoms with Crippen LogP contribution in [-0.2, 0) is 6.42 Å². The number of fused-ring (bicyclic) bond motifs is 2. The predicted octanol–water partition coefficient (Wildman–Crippen LogP) is 6.35. The van der Waals surface area contributed by atoms with Crippen molar-refractivity contribution in [2.24, 2.45) is 0 Å². The van der Waals surface area contributed by atoms with E-state index in [4.69, 9.17) is 4.42 Å². The molecule has 3 aliphatic rings. The van der Waals surface area contributed by atoms with Crippen molar-refractivity contribution < 1.29 is 14.3 Å². The van der Waals surface area contributed by atoms with Gasteiger partial charge in [-0.15, -0.1) is 0 Å². The number of anilines is 1. The Labute approximate surface area is 211 Å². The van der Waals surface area contributed by atoms with Crippen LogP contribution in [0.4, 0.5) is 5.69 Å². The zero-order valence-electron chi connectivity index (χ0n) is 20.8. The molecule has 0 atom stereocenters. The maximum Gasteiger partial charge on any atom is 0.336 e. The number of para-hydroxylation sites is 1. The number of hydrogen-bond acceptors (Lipinski definition) is 3. The molecule has 0 radical (unpaired) electrons. The van der Waals surface area contributed by atoms with E-state index in [1.165, 1.54) is 0 Å². The summed E-state index contributed by atoms with van der Waals surface area (Å²) < 4.78 is 8.93. The third-order valence-corrected chi connectivity index (χ3v) is 6.93. The molecular weight excluding hydrogens is 448 g/mol. The van der Waals surface area contributed by atoms with E-state index in [2.05, 4.69) is 41.9 Å². The third kappa shape index (κ3) is 4.44. The Morgan fingerprint density at radius 1 is 0.972 bits per heavy atom. The summed E-state index contributed by atoms with van der Waals surface area (Å²) in [5.41, 5.74) is 6.10. The normalized spacial score (nSPS) is 14.0. The highest BCUT2D eigenvalue weighted by molar-refractivity contribution is 6.00. The van der Waals surface area contributed by atoms with Gasteiger partial charge in [-0.3, -0.25) is 0 Å². The minimum Gasteiger partial charge on any atom is -0.478 e. The van der Waals surface area contributed by atoms with Gasteiger partial charge in [0.25, 0.3) is 0 Å². The standard InChI is InChI=1S/C31H30N2O3/c1-3-33(4-2)23-17-18-26-28(19-23)36-30-21(20-32-22-12-6-5-7-13-22)11-10-16-27(30)29(26)24-14-8-9-15-25(24)31(34)35/h5-9,12-15,17-20H,3-4,10-11,16H2,1-2H3,(H,34,35)/p+1. The summed E-state index contributed by atoms with van der Waals surface area (Å²) >= 11 is 0. The van der Waals surface area contributed by atoms with Crippen LogP contribution in [0.25, 0.3) is 28.0 Å². The molecule has 2 aromatic rings. The molecule has 1 aliphatic heterocycles. The van der Waals surface area contributed by atoms with Gasteiger partial charge in [0.2, 0.25) is 5.36 Å². The van der Waals surface area contributed by atoms with Gasteiger partial charge in [-0.2, -0.15) is 0 Å². The molecule has 5 nitrogen and oxygen atoms in total. The number of aromatic carboxylic acids is 1. The Bertz CT molecular complexity index is 1480. The van der Waals surface area contributed by atoms with Gasteiger partial charge in [0.05, 0.1) is 11.6 Å². The number of hydrogen-bond donors (Lipinski definition) is 2. The van der Waals surface area contributed by atoms with E-state index < -0.39 is 5.97 Å². The van der Waals surface area contributed by atoms with Crippen molar-refractivity contribution >= 4 is 17.2 Å². The minimum atomic E-state index is -0.926. The fourth-order valence-corrected chi connectivity index (χ4v) is 5.14. The number of carbonyl (C=O) groups is 1. The number of allylic oxidation sites excluding steroid dienone is 1. The first-order valence-corrected chi connectivity index (χ1v) is 12.6. The first-order chi connectivity index (χ1) is 17.6.